The van der Waals surface area contributed by atoms with Crippen LogP contribution in [-0.4, -0.2) is 13.0 Å². The van der Waals surface area contributed by atoms with E-state index in [0.29, 0.717) is 23.7 Å². The SMILES string of the molecule is COc1cc(/C=C(/C#N)C(=O)N[C@@H](C)c2ccccc2)ccc1OCc1ccc(I)cc1. The number of hydrogen-bond donors (Lipinski definition) is 1. The maximum atomic E-state index is 12.6. The van der Waals surface area contributed by atoms with Crippen LogP contribution in [0.3, 0.4) is 0 Å². The first-order valence-electron chi connectivity index (χ1n) is 10.0. The highest BCUT2D eigenvalue weighted by Crippen LogP contribution is 2.30. The largest absolute Gasteiger partial charge is 0.493 e. The van der Waals surface area contributed by atoms with Crippen molar-refractivity contribution < 1.29 is 14.3 Å². The van der Waals surface area contributed by atoms with Crippen LogP contribution in [0.2, 0.25) is 0 Å². The first-order valence-corrected chi connectivity index (χ1v) is 11.1. The van der Waals surface area contributed by atoms with Crippen LogP contribution in [0, 0.1) is 14.9 Å². The lowest BCUT2D eigenvalue weighted by molar-refractivity contribution is -0.117. The molecule has 0 aromatic heterocycles. The zero-order chi connectivity index (χ0) is 22.9. The number of carbonyl (C=O) groups is 1. The van der Waals surface area contributed by atoms with E-state index in [0.717, 1.165) is 14.7 Å². The molecule has 0 fully saturated rings. The van der Waals surface area contributed by atoms with Gasteiger partial charge in [0.15, 0.2) is 11.5 Å². The highest BCUT2D eigenvalue weighted by Gasteiger charge is 2.14. The van der Waals surface area contributed by atoms with E-state index >= 15 is 0 Å². The van der Waals surface area contributed by atoms with E-state index in [-0.39, 0.29) is 11.6 Å². The summed E-state index contributed by atoms with van der Waals surface area (Å²) in [6, 6.07) is 24.8. The molecule has 0 bridgehead atoms. The molecular formula is C26H23IN2O3. The second-order valence-corrected chi connectivity index (χ2v) is 8.35. The van der Waals surface area contributed by atoms with Crippen molar-refractivity contribution in [3.05, 3.63) is 98.6 Å². The number of benzene rings is 3. The lowest BCUT2D eigenvalue weighted by atomic mass is 10.1. The van der Waals surface area contributed by atoms with Crippen LogP contribution in [0.25, 0.3) is 6.08 Å². The van der Waals surface area contributed by atoms with Crippen molar-refractivity contribution in [2.24, 2.45) is 0 Å². The molecule has 3 rings (SSSR count). The van der Waals surface area contributed by atoms with Crippen LogP contribution in [0.4, 0.5) is 0 Å². The van der Waals surface area contributed by atoms with Crippen LogP contribution in [0.5, 0.6) is 11.5 Å². The summed E-state index contributed by atoms with van der Waals surface area (Å²) in [6.07, 6.45) is 1.54. The minimum Gasteiger partial charge on any atom is -0.493 e. The lowest BCUT2D eigenvalue weighted by Crippen LogP contribution is -2.27. The molecule has 0 aliphatic carbocycles. The Morgan fingerprint density at radius 1 is 1.09 bits per heavy atom. The predicted octanol–water partition coefficient (Wildman–Crippen LogP) is 5.66. The monoisotopic (exact) mass is 538 g/mol. The molecule has 0 aliphatic heterocycles. The number of nitriles is 1. The van der Waals surface area contributed by atoms with Gasteiger partial charge in [0.25, 0.3) is 5.91 Å². The number of amides is 1. The molecule has 0 saturated carbocycles. The fourth-order valence-electron chi connectivity index (χ4n) is 3.05. The van der Waals surface area contributed by atoms with E-state index < -0.39 is 5.91 Å². The summed E-state index contributed by atoms with van der Waals surface area (Å²) in [4.78, 5) is 12.6. The summed E-state index contributed by atoms with van der Waals surface area (Å²) in [5.41, 5.74) is 2.70. The summed E-state index contributed by atoms with van der Waals surface area (Å²) < 4.78 is 12.5. The number of halogens is 1. The third kappa shape index (κ3) is 6.34. The second-order valence-electron chi connectivity index (χ2n) is 7.10. The molecule has 1 N–H and O–H groups in total. The molecule has 3 aromatic carbocycles. The van der Waals surface area contributed by atoms with Gasteiger partial charge in [-0.25, -0.2) is 0 Å². The van der Waals surface area contributed by atoms with Crippen LogP contribution in [0.1, 0.15) is 29.7 Å². The van der Waals surface area contributed by atoms with Crippen molar-refractivity contribution in [1.29, 1.82) is 5.26 Å². The minimum absolute atomic E-state index is 0.0161. The maximum absolute atomic E-state index is 12.6. The predicted molar refractivity (Wildman–Crippen MR) is 133 cm³/mol. The second kappa shape index (κ2) is 11.3. The number of carbonyl (C=O) groups excluding carboxylic acids is 1. The molecule has 0 spiro atoms. The van der Waals surface area contributed by atoms with Crippen LogP contribution >= 0.6 is 22.6 Å². The Morgan fingerprint density at radius 3 is 2.47 bits per heavy atom. The van der Waals surface area contributed by atoms with E-state index in [1.54, 1.807) is 31.4 Å². The Kier molecular flexibility index (Phi) is 8.28. The number of nitrogens with zero attached hydrogens (tertiary/aromatic N) is 1. The lowest BCUT2D eigenvalue weighted by Gasteiger charge is -2.14. The Labute approximate surface area is 201 Å². The summed E-state index contributed by atoms with van der Waals surface area (Å²) in [5.74, 6) is 0.685. The average Bonchev–Trinajstić information content (AvgIpc) is 2.82. The van der Waals surface area contributed by atoms with E-state index in [4.69, 9.17) is 9.47 Å². The van der Waals surface area contributed by atoms with Crippen molar-refractivity contribution in [3.8, 4) is 17.6 Å². The zero-order valence-electron chi connectivity index (χ0n) is 17.8. The molecule has 5 nitrogen and oxygen atoms in total. The normalized spacial score (nSPS) is 11.9. The highest BCUT2D eigenvalue weighted by molar-refractivity contribution is 14.1. The molecule has 0 heterocycles. The highest BCUT2D eigenvalue weighted by atomic mass is 127. The Hall–Kier alpha value is -3.31. The molecule has 162 valence electrons. The Bertz CT molecular complexity index is 1140. The van der Waals surface area contributed by atoms with E-state index in [9.17, 15) is 10.1 Å². The molecule has 0 aliphatic rings. The molecule has 3 aromatic rings. The topological polar surface area (TPSA) is 71.3 Å². The molecular weight excluding hydrogens is 515 g/mol. The van der Waals surface area contributed by atoms with E-state index in [1.165, 1.54) is 0 Å². The summed E-state index contributed by atoms with van der Waals surface area (Å²) >= 11 is 2.26. The van der Waals surface area contributed by atoms with Gasteiger partial charge >= 0.3 is 0 Å². The van der Waals surface area contributed by atoms with Gasteiger partial charge < -0.3 is 14.8 Å². The van der Waals surface area contributed by atoms with Gasteiger partial charge in [0.2, 0.25) is 0 Å². The Balaban J connectivity index is 1.72. The minimum atomic E-state index is -0.429. The van der Waals surface area contributed by atoms with Gasteiger partial charge in [-0.05, 0) is 76.5 Å². The van der Waals surface area contributed by atoms with Gasteiger partial charge in [0, 0.05) is 3.57 Å². The quantitative estimate of drug-likeness (QED) is 0.228. The van der Waals surface area contributed by atoms with Gasteiger partial charge in [0.05, 0.1) is 13.2 Å². The first kappa shape index (κ1) is 23.4. The van der Waals surface area contributed by atoms with Crippen LogP contribution in [-0.2, 0) is 11.4 Å². The smallest absolute Gasteiger partial charge is 0.262 e. The van der Waals surface area contributed by atoms with Gasteiger partial charge in [-0.1, -0.05) is 48.5 Å². The molecule has 32 heavy (non-hydrogen) atoms. The van der Waals surface area contributed by atoms with Crippen molar-refractivity contribution in [2.45, 2.75) is 19.6 Å². The number of ether oxygens (including phenoxy) is 2. The third-order valence-corrected chi connectivity index (χ3v) is 5.54. The zero-order valence-corrected chi connectivity index (χ0v) is 20.0. The van der Waals surface area contributed by atoms with Gasteiger partial charge in [-0.2, -0.15) is 5.26 Å². The fraction of sp³-hybridized carbons (Fsp3) is 0.154. The molecule has 0 unspecified atom stereocenters. The van der Waals surface area contributed by atoms with Crippen LogP contribution in [0.15, 0.2) is 78.4 Å². The summed E-state index contributed by atoms with van der Waals surface area (Å²) in [5, 5.41) is 12.4. The standard InChI is InChI=1S/C26H23IN2O3/c1-18(21-6-4-3-5-7-21)29-26(30)22(16-28)14-20-10-13-24(25(15-20)31-2)32-17-19-8-11-23(27)12-9-19/h3-15,18H,17H2,1-2H3,(H,29,30)/b22-14-/t18-/m0/s1. The Morgan fingerprint density at radius 2 is 1.81 bits per heavy atom. The number of methoxy groups -OCH3 is 1. The maximum Gasteiger partial charge on any atom is 0.262 e. The first-order chi connectivity index (χ1) is 15.5. The van der Waals surface area contributed by atoms with E-state index in [2.05, 4.69) is 27.9 Å². The van der Waals surface area contributed by atoms with Gasteiger partial charge in [-0.3, -0.25) is 4.79 Å². The van der Waals surface area contributed by atoms with E-state index in [1.807, 2.05) is 67.6 Å². The molecule has 0 saturated heterocycles. The van der Waals surface area contributed by atoms with Crippen LogP contribution < -0.4 is 14.8 Å². The fourth-order valence-corrected chi connectivity index (χ4v) is 3.41. The summed E-state index contributed by atoms with van der Waals surface area (Å²) in [6.45, 7) is 2.29. The number of nitrogens with one attached hydrogen (secondary N) is 1. The third-order valence-electron chi connectivity index (χ3n) is 4.82. The number of rotatable bonds is 8. The van der Waals surface area contributed by atoms with Crippen molar-refractivity contribution in [3.63, 3.8) is 0 Å². The van der Waals surface area contributed by atoms with Gasteiger partial charge in [-0.15, -0.1) is 0 Å². The summed E-state index contributed by atoms with van der Waals surface area (Å²) in [7, 11) is 1.56. The van der Waals surface area contributed by atoms with Crippen molar-refractivity contribution >= 4 is 34.6 Å². The van der Waals surface area contributed by atoms with Crippen molar-refractivity contribution in [2.75, 3.05) is 7.11 Å². The van der Waals surface area contributed by atoms with Gasteiger partial charge in [0.1, 0.15) is 18.2 Å². The molecule has 1 atom stereocenters. The molecule has 1 amide bonds. The molecule has 6 heteroatoms. The van der Waals surface area contributed by atoms with Crippen molar-refractivity contribution in [1.82, 2.24) is 5.32 Å². The average molecular weight is 538 g/mol. The number of hydrogen-bond acceptors (Lipinski definition) is 4. The molecule has 0 radical (unpaired) electrons.